The van der Waals surface area contributed by atoms with Crippen LogP contribution in [0.15, 0.2) is 0 Å². The molecule has 2 amide bonds. The molecule has 0 N–H and O–H groups in total. The summed E-state index contributed by atoms with van der Waals surface area (Å²) in [7, 11) is 0. The third-order valence-corrected chi connectivity index (χ3v) is 12.1. The number of hydrogen-bond acceptors (Lipinski definition) is 2. The molecule has 0 aromatic rings. The molecule has 34 heavy (non-hydrogen) atoms. The van der Waals surface area contributed by atoms with E-state index in [1.165, 1.54) is 38.5 Å². The first-order chi connectivity index (χ1) is 16.3. The Labute approximate surface area is 206 Å². The molecule has 4 heteroatoms. The van der Waals surface area contributed by atoms with Gasteiger partial charge in [0.05, 0.1) is 10.8 Å². The second kappa shape index (κ2) is 7.72. The van der Waals surface area contributed by atoms with Crippen LogP contribution in [0, 0.1) is 58.2 Å². The fourth-order valence-electron chi connectivity index (χ4n) is 11.3. The Hall–Kier alpha value is -1.06. The number of rotatable bonds is 3. The van der Waals surface area contributed by atoms with E-state index in [1.54, 1.807) is 0 Å². The fourth-order valence-corrected chi connectivity index (χ4v) is 11.3. The fraction of sp³-hybridized carbons (Fsp3) is 0.933. The molecule has 8 saturated carbocycles. The van der Waals surface area contributed by atoms with Gasteiger partial charge in [-0.3, -0.25) is 9.59 Å². The number of carbonyl (C=O) groups is 2. The topological polar surface area (TPSA) is 40.6 Å². The molecule has 0 radical (unpaired) electrons. The standard InChI is InChI=1S/C30H46N2O2/c1-19(2)26-17-31(27(33)29-11-20-5-21(12-29)7-22(6-20)13-29)3-4-32(18-26)28(34)30-14-23-8-24(15-30)10-25(9-23)16-30/h19-26H,3-18H2,1-2H3. The summed E-state index contributed by atoms with van der Waals surface area (Å²) in [5.41, 5.74) is -0.120. The second-order valence-corrected chi connectivity index (χ2v) is 14.9. The van der Waals surface area contributed by atoms with Gasteiger partial charge >= 0.3 is 0 Å². The summed E-state index contributed by atoms with van der Waals surface area (Å²) in [5, 5.41) is 0. The molecular weight excluding hydrogens is 420 g/mol. The molecule has 9 fully saturated rings. The zero-order chi connectivity index (χ0) is 23.2. The first kappa shape index (κ1) is 22.2. The average Bonchev–Trinajstić information content (AvgIpc) is 3.00. The minimum Gasteiger partial charge on any atom is -0.340 e. The SMILES string of the molecule is CC(C)C1CN(C(=O)C23CC4CC(CC(C4)C2)C3)CCN(C(=O)C23CC4CC(CC(C4)C2)C3)C1. The molecule has 0 aromatic carbocycles. The molecule has 0 aromatic heterocycles. The summed E-state index contributed by atoms with van der Waals surface area (Å²) in [5.74, 6) is 6.66. The van der Waals surface area contributed by atoms with Gasteiger partial charge in [-0.25, -0.2) is 0 Å². The molecule has 8 bridgehead atoms. The van der Waals surface area contributed by atoms with Crippen LogP contribution in [-0.2, 0) is 9.59 Å². The van der Waals surface area contributed by atoms with E-state index in [0.717, 1.165) is 100 Å². The zero-order valence-electron chi connectivity index (χ0n) is 21.6. The van der Waals surface area contributed by atoms with Crippen LogP contribution in [0.1, 0.15) is 90.9 Å². The summed E-state index contributed by atoms with van der Waals surface area (Å²) in [6, 6.07) is 0. The van der Waals surface area contributed by atoms with E-state index in [1.807, 2.05) is 0 Å². The molecule has 0 atom stereocenters. The van der Waals surface area contributed by atoms with Crippen molar-refractivity contribution < 1.29 is 9.59 Å². The number of hydrogen-bond donors (Lipinski definition) is 0. The summed E-state index contributed by atoms with van der Waals surface area (Å²) >= 11 is 0. The van der Waals surface area contributed by atoms with Crippen molar-refractivity contribution in [1.29, 1.82) is 0 Å². The van der Waals surface area contributed by atoms with Crippen LogP contribution in [0.4, 0.5) is 0 Å². The lowest BCUT2D eigenvalue weighted by Gasteiger charge is -2.56. The first-order valence-electron chi connectivity index (χ1n) is 14.9. The maximum atomic E-state index is 14.2. The molecule has 9 rings (SSSR count). The van der Waals surface area contributed by atoms with Crippen LogP contribution in [0.25, 0.3) is 0 Å². The molecule has 0 spiro atoms. The van der Waals surface area contributed by atoms with E-state index in [0.29, 0.717) is 23.7 Å². The predicted molar refractivity (Wildman–Crippen MR) is 133 cm³/mol. The number of nitrogens with zero attached hydrogens (tertiary/aromatic N) is 2. The average molecular weight is 467 g/mol. The van der Waals surface area contributed by atoms with Gasteiger partial charge in [0.15, 0.2) is 0 Å². The highest BCUT2D eigenvalue weighted by Gasteiger charge is 2.57. The Morgan fingerprint density at radius 3 is 1.15 bits per heavy atom. The van der Waals surface area contributed by atoms with Crippen molar-refractivity contribution in [3.8, 4) is 0 Å². The van der Waals surface area contributed by atoms with E-state index >= 15 is 0 Å². The van der Waals surface area contributed by atoms with E-state index in [4.69, 9.17) is 0 Å². The van der Waals surface area contributed by atoms with Crippen LogP contribution in [0.2, 0.25) is 0 Å². The Balaban J connectivity index is 1.11. The van der Waals surface area contributed by atoms with Gasteiger partial charge < -0.3 is 9.80 Å². The minimum atomic E-state index is -0.0601. The molecule has 188 valence electrons. The maximum Gasteiger partial charge on any atom is 0.228 e. The summed E-state index contributed by atoms with van der Waals surface area (Å²) in [6.07, 6.45) is 15.2. The van der Waals surface area contributed by atoms with Crippen molar-refractivity contribution in [3.05, 3.63) is 0 Å². The third kappa shape index (κ3) is 3.43. The second-order valence-electron chi connectivity index (χ2n) is 14.9. The van der Waals surface area contributed by atoms with Gasteiger partial charge in [-0.2, -0.15) is 0 Å². The van der Waals surface area contributed by atoms with Gasteiger partial charge in [-0.15, -0.1) is 0 Å². The Morgan fingerprint density at radius 2 is 0.882 bits per heavy atom. The molecule has 4 nitrogen and oxygen atoms in total. The van der Waals surface area contributed by atoms with E-state index in [9.17, 15) is 9.59 Å². The van der Waals surface area contributed by atoms with Crippen molar-refractivity contribution in [3.63, 3.8) is 0 Å². The maximum absolute atomic E-state index is 14.2. The highest BCUT2D eigenvalue weighted by atomic mass is 16.2. The molecule has 1 heterocycles. The van der Waals surface area contributed by atoms with Crippen molar-refractivity contribution in [2.75, 3.05) is 26.2 Å². The van der Waals surface area contributed by atoms with Gasteiger partial charge in [0.25, 0.3) is 0 Å². The lowest BCUT2D eigenvalue weighted by atomic mass is 9.49. The van der Waals surface area contributed by atoms with Gasteiger partial charge in [0.1, 0.15) is 0 Å². The Kier molecular flexibility index (Phi) is 5.03. The highest BCUT2D eigenvalue weighted by Crippen LogP contribution is 2.62. The van der Waals surface area contributed by atoms with Crippen molar-refractivity contribution >= 4 is 11.8 Å². The molecule has 0 unspecified atom stereocenters. The van der Waals surface area contributed by atoms with E-state index in [-0.39, 0.29) is 10.8 Å². The van der Waals surface area contributed by atoms with Crippen LogP contribution >= 0.6 is 0 Å². The lowest BCUT2D eigenvalue weighted by molar-refractivity contribution is -0.159. The summed E-state index contributed by atoms with van der Waals surface area (Å²) in [4.78, 5) is 32.9. The largest absolute Gasteiger partial charge is 0.340 e. The van der Waals surface area contributed by atoms with Crippen LogP contribution < -0.4 is 0 Å². The van der Waals surface area contributed by atoms with Gasteiger partial charge in [0, 0.05) is 26.2 Å². The van der Waals surface area contributed by atoms with Crippen molar-refractivity contribution in [1.82, 2.24) is 9.80 Å². The molecule has 1 aliphatic heterocycles. The van der Waals surface area contributed by atoms with E-state index < -0.39 is 0 Å². The quantitative estimate of drug-likeness (QED) is 0.562. The molecule has 8 aliphatic carbocycles. The Morgan fingerprint density at radius 1 is 0.588 bits per heavy atom. The predicted octanol–water partition coefficient (Wildman–Crippen LogP) is 5.36. The smallest absolute Gasteiger partial charge is 0.228 e. The summed E-state index contributed by atoms with van der Waals surface area (Å²) < 4.78 is 0. The number of amides is 2. The van der Waals surface area contributed by atoms with Crippen LogP contribution in [-0.4, -0.2) is 47.8 Å². The molecule has 9 aliphatic rings. The monoisotopic (exact) mass is 466 g/mol. The first-order valence-corrected chi connectivity index (χ1v) is 14.9. The number of carbonyl (C=O) groups excluding carboxylic acids is 2. The van der Waals surface area contributed by atoms with Gasteiger partial charge in [0.2, 0.25) is 11.8 Å². The molecule has 1 saturated heterocycles. The normalized spacial score (nSPS) is 49.1. The van der Waals surface area contributed by atoms with Crippen LogP contribution in [0.3, 0.4) is 0 Å². The van der Waals surface area contributed by atoms with Crippen molar-refractivity contribution in [2.24, 2.45) is 58.2 Å². The molecular formula is C30H46N2O2. The zero-order valence-corrected chi connectivity index (χ0v) is 21.6. The lowest BCUT2D eigenvalue weighted by Crippen LogP contribution is -2.56. The van der Waals surface area contributed by atoms with Gasteiger partial charge in [-0.05, 0) is 124 Å². The minimum absolute atomic E-state index is 0.0601. The van der Waals surface area contributed by atoms with Crippen molar-refractivity contribution in [2.45, 2.75) is 90.9 Å². The Bertz CT molecular complexity index is 725. The van der Waals surface area contributed by atoms with Gasteiger partial charge in [-0.1, -0.05) is 13.8 Å². The summed E-state index contributed by atoms with van der Waals surface area (Å²) in [6.45, 7) is 7.86. The van der Waals surface area contributed by atoms with E-state index in [2.05, 4.69) is 23.6 Å². The third-order valence-electron chi connectivity index (χ3n) is 12.1. The van der Waals surface area contributed by atoms with Crippen LogP contribution in [0.5, 0.6) is 0 Å². The highest BCUT2D eigenvalue weighted by molar-refractivity contribution is 5.85.